The van der Waals surface area contributed by atoms with E-state index in [4.69, 9.17) is 5.73 Å². The molecule has 0 aliphatic carbocycles. The number of nitrogens with two attached hydrogens (primary N) is 1. The van der Waals surface area contributed by atoms with Crippen molar-refractivity contribution in [3.05, 3.63) is 16.7 Å². The summed E-state index contributed by atoms with van der Waals surface area (Å²) in [5.74, 6) is 1.15. The molecule has 16 heavy (non-hydrogen) atoms. The molecule has 0 bridgehead atoms. The van der Waals surface area contributed by atoms with Crippen molar-refractivity contribution in [1.29, 1.82) is 0 Å². The first kappa shape index (κ1) is 12.5. The average Bonchev–Trinajstić information content (AvgIpc) is 2.29. The molecule has 0 aliphatic heterocycles. The van der Waals surface area contributed by atoms with Gasteiger partial charge in [0.05, 0.1) is 6.33 Å². The number of aromatic amines is 1. The molecule has 0 saturated heterocycles. The van der Waals surface area contributed by atoms with Crippen molar-refractivity contribution in [2.24, 2.45) is 5.92 Å². The highest BCUT2D eigenvalue weighted by molar-refractivity contribution is 5.60. The van der Waals surface area contributed by atoms with E-state index in [0.29, 0.717) is 11.7 Å². The second-order valence-electron chi connectivity index (χ2n) is 4.02. The molecule has 1 aromatic rings. The van der Waals surface area contributed by atoms with Crippen molar-refractivity contribution < 1.29 is 0 Å². The van der Waals surface area contributed by atoms with Gasteiger partial charge in [-0.05, 0) is 12.8 Å². The van der Waals surface area contributed by atoms with Gasteiger partial charge in [-0.3, -0.25) is 4.79 Å². The molecule has 0 amide bonds. The lowest BCUT2D eigenvalue weighted by atomic mass is 10.1. The number of rotatable bonds is 5. The second-order valence-corrected chi connectivity index (χ2v) is 4.02. The zero-order valence-electron chi connectivity index (χ0n) is 10.2. The zero-order valence-corrected chi connectivity index (χ0v) is 10.2. The lowest BCUT2D eigenvalue weighted by Crippen LogP contribution is -2.31. The molecule has 90 valence electrons. The Hall–Kier alpha value is -1.52. The molecule has 1 aromatic heterocycles. The number of hydrogen-bond acceptors (Lipinski definition) is 4. The van der Waals surface area contributed by atoms with E-state index in [1.807, 2.05) is 11.8 Å². The van der Waals surface area contributed by atoms with E-state index < -0.39 is 0 Å². The highest BCUT2D eigenvalue weighted by Crippen LogP contribution is 2.17. The van der Waals surface area contributed by atoms with Crippen LogP contribution in [0.15, 0.2) is 11.1 Å². The molecule has 0 spiro atoms. The highest BCUT2D eigenvalue weighted by atomic mass is 16.1. The Morgan fingerprint density at radius 1 is 1.56 bits per heavy atom. The Balaban J connectivity index is 2.95. The van der Waals surface area contributed by atoms with Crippen molar-refractivity contribution in [3.8, 4) is 0 Å². The van der Waals surface area contributed by atoms with E-state index in [1.165, 1.54) is 6.33 Å². The number of anilines is 2. The molecule has 0 saturated carbocycles. The van der Waals surface area contributed by atoms with E-state index in [2.05, 4.69) is 23.8 Å². The van der Waals surface area contributed by atoms with Crippen molar-refractivity contribution in [2.45, 2.75) is 27.2 Å². The number of nitrogens with one attached hydrogen (secondary N) is 1. The summed E-state index contributed by atoms with van der Waals surface area (Å²) < 4.78 is 0. The molecule has 0 aliphatic rings. The predicted molar refractivity (Wildman–Crippen MR) is 66.6 cm³/mol. The first-order valence-corrected chi connectivity index (χ1v) is 5.68. The Bertz CT molecular complexity index is 388. The number of hydrogen-bond donors (Lipinski definition) is 2. The third-order valence-corrected chi connectivity index (χ3v) is 2.78. The monoisotopic (exact) mass is 224 g/mol. The molecule has 1 rings (SSSR count). The molecule has 0 fully saturated rings. The SMILES string of the molecule is CCC(C)CN(CC)c1nc[nH]c(=O)c1N. The van der Waals surface area contributed by atoms with Crippen molar-refractivity contribution in [2.75, 3.05) is 23.7 Å². The highest BCUT2D eigenvalue weighted by Gasteiger charge is 2.13. The van der Waals surface area contributed by atoms with E-state index >= 15 is 0 Å². The summed E-state index contributed by atoms with van der Waals surface area (Å²) in [7, 11) is 0. The summed E-state index contributed by atoms with van der Waals surface area (Å²) in [6.45, 7) is 8.02. The van der Waals surface area contributed by atoms with Gasteiger partial charge in [0.1, 0.15) is 5.69 Å². The van der Waals surface area contributed by atoms with Gasteiger partial charge in [-0.2, -0.15) is 0 Å². The molecule has 1 atom stereocenters. The molecular weight excluding hydrogens is 204 g/mol. The molecule has 3 N–H and O–H groups in total. The van der Waals surface area contributed by atoms with E-state index in [9.17, 15) is 4.79 Å². The number of nitrogen functional groups attached to an aromatic ring is 1. The van der Waals surface area contributed by atoms with Crippen LogP contribution in [0.2, 0.25) is 0 Å². The van der Waals surface area contributed by atoms with Crippen LogP contribution in [-0.2, 0) is 0 Å². The van der Waals surface area contributed by atoms with Crippen LogP contribution in [-0.4, -0.2) is 23.1 Å². The normalized spacial score (nSPS) is 12.4. The predicted octanol–water partition coefficient (Wildman–Crippen LogP) is 1.22. The Morgan fingerprint density at radius 3 is 2.81 bits per heavy atom. The third-order valence-electron chi connectivity index (χ3n) is 2.78. The third kappa shape index (κ3) is 2.74. The summed E-state index contributed by atoms with van der Waals surface area (Å²) in [6.07, 6.45) is 2.49. The van der Waals surface area contributed by atoms with Crippen LogP contribution in [0.3, 0.4) is 0 Å². The van der Waals surface area contributed by atoms with Gasteiger partial charge in [0.15, 0.2) is 5.82 Å². The van der Waals surface area contributed by atoms with Crippen LogP contribution < -0.4 is 16.2 Å². The van der Waals surface area contributed by atoms with E-state index in [0.717, 1.165) is 19.5 Å². The first-order chi connectivity index (χ1) is 7.60. The van der Waals surface area contributed by atoms with Crippen LogP contribution in [0.4, 0.5) is 11.5 Å². The maximum Gasteiger partial charge on any atom is 0.276 e. The first-order valence-electron chi connectivity index (χ1n) is 5.68. The van der Waals surface area contributed by atoms with Crippen LogP contribution in [0.25, 0.3) is 0 Å². The van der Waals surface area contributed by atoms with Crippen LogP contribution in [0.5, 0.6) is 0 Å². The number of nitrogens with zero attached hydrogens (tertiary/aromatic N) is 2. The van der Waals surface area contributed by atoms with Crippen LogP contribution in [0.1, 0.15) is 27.2 Å². The van der Waals surface area contributed by atoms with Gasteiger partial charge in [-0.1, -0.05) is 20.3 Å². The molecule has 5 nitrogen and oxygen atoms in total. The standard InChI is InChI=1S/C11H20N4O/c1-4-8(3)6-15(5-2)10-9(12)11(16)14-7-13-10/h7-8H,4-6,12H2,1-3H3,(H,13,14,16). The van der Waals surface area contributed by atoms with E-state index in [1.54, 1.807) is 0 Å². The Labute approximate surface area is 95.7 Å². The Kier molecular flexibility index (Phi) is 4.34. The quantitative estimate of drug-likeness (QED) is 0.788. The second kappa shape index (κ2) is 5.53. The van der Waals surface area contributed by atoms with Gasteiger partial charge in [0.2, 0.25) is 0 Å². The molecule has 1 unspecified atom stereocenters. The zero-order chi connectivity index (χ0) is 12.1. The molecule has 0 radical (unpaired) electrons. The minimum absolute atomic E-state index is 0.202. The minimum atomic E-state index is -0.271. The van der Waals surface area contributed by atoms with Gasteiger partial charge < -0.3 is 15.6 Å². The maximum absolute atomic E-state index is 11.4. The number of aromatic nitrogens is 2. The van der Waals surface area contributed by atoms with Gasteiger partial charge in [0, 0.05) is 13.1 Å². The van der Waals surface area contributed by atoms with Crippen molar-refractivity contribution in [3.63, 3.8) is 0 Å². The van der Waals surface area contributed by atoms with Crippen LogP contribution in [0, 0.1) is 5.92 Å². The fraction of sp³-hybridized carbons (Fsp3) is 0.636. The van der Waals surface area contributed by atoms with Gasteiger partial charge in [-0.25, -0.2) is 4.98 Å². The largest absolute Gasteiger partial charge is 0.391 e. The number of H-pyrrole nitrogens is 1. The van der Waals surface area contributed by atoms with Gasteiger partial charge in [0.25, 0.3) is 5.56 Å². The maximum atomic E-state index is 11.4. The summed E-state index contributed by atoms with van der Waals surface area (Å²) in [5.41, 5.74) is 5.66. The van der Waals surface area contributed by atoms with Gasteiger partial charge in [-0.15, -0.1) is 0 Å². The molecule has 1 heterocycles. The van der Waals surface area contributed by atoms with Gasteiger partial charge >= 0.3 is 0 Å². The van der Waals surface area contributed by atoms with E-state index in [-0.39, 0.29) is 11.2 Å². The summed E-state index contributed by atoms with van der Waals surface area (Å²) in [6, 6.07) is 0. The molecular formula is C11H20N4O. The fourth-order valence-corrected chi connectivity index (χ4v) is 1.52. The van der Waals surface area contributed by atoms with Crippen molar-refractivity contribution in [1.82, 2.24) is 9.97 Å². The lowest BCUT2D eigenvalue weighted by Gasteiger charge is -2.25. The fourth-order valence-electron chi connectivity index (χ4n) is 1.52. The van der Waals surface area contributed by atoms with Crippen LogP contribution >= 0.6 is 0 Å². The summed E-state index contributed by atoms with van der Waals surface area (Å²) >= 11 is 0. The molecule has 5 heteroatoms. The summed E-state index contributed by atoms with van der Waals surface area (Å²) in [5, 5.41) is 0. The lowest BCUT2D eigenvalue weighted by molar-refractivity contribution is 0.545. The minimum Gasteiger partial charge on any atom is -0.391 e. The topological polar surface area (TPSA) is 75.0 Å². The Morgan fingerprint density at radius 2 is 2.25 bits per heavy atom. The molecule has 0 aromatic carbocycles. The smallest absolute Gasteiger partial charge is 0.276 e. The average molecular weight is 224 g/mol. The summed E-state index contributed by atoms with van der Waals surface area (Å²) in [4.78, 5) is 20.0. The van der Waals surface area contributed by atoms with Crippen molar-refractivity contribution >= 4 is 11.5 Å².